The fourth-order valence-electron chi connectivity index (χ4n) is 14.7. The van der Waals surface area contributed by atoms with Gasteiger partial charge in [-0.15, -0.1) is 0 Å². The number of aliphatic hydroxyl groups is 6. The average Bonchev–Trinajstić information content (AvgIpc) is 0.864. The molecule has 0 spiro atoms. The van der Waals surface area contributed by atoms with E-state index < -0.39 is 0 Å². The third-order valence-corrected chi connectivity index (χ3v) is 22.3. The Balaban J connectivity index is 10.6. The molecular formula is C108H178N6O12. The van der Waals surface area contributed by atoms with Crippen molar-refractivity contribution in [3.8, 4) is 71.0 Å². The molecule has 0 aromatic carbocycles. The SMILES string of the molecule is CCCCCCCCCC#C/C(CCCC(=O)NCCO)=C(/C#C/C(CCCC(=O)NCCO)=C(/C#C/C(CCCC(=O)NCCO)=C(/C#C/C(CCCC(=O)NCCO)=C(/C#C/C(CCCC(=O)NCCO)=C(/C#CCCCCC(=O)NCCO)CCCCCCCC)CCCCCCCC)CCCCCCCC)CCCCCCCC)CCCCCCCC. The summed E-state index contributed by atoms with van der Waals surface area (Å²) in [5.41, 5.74) is 8.80. The van der Waals surface area contributed by atoms with Crippen LogP contribution in [0.4, 0.5) is 0 Å². The van der Waals surface area contributed by atoms with Crippen LogP contribution in [0.2, 0.25) is 0 Å². The molecule has 0 aliphatic heterocycles. The van der Waals surface area contributed by atoms with Crippen molar-refractivity contribution in [1.29, 1.82) is 0 Å². The van der Waals surface area contributed by atoms with Crippen LogP contribution in [0.25, 0.3) is 0 Å². The van der Waals surface area contributed by atoms with E-state index in [1.807, 2.05) is 0 Å². The number of aliphatic hydroxyl groups excluding tert-OH is 6. The molecule has 0 saturated heterocycles. The van der Waals surface area contributed by atoms with E-state index >= 15 is 0 Å². The molecule has 0 radical (unpaired) electrons. The maximum Gasteiger partial charge on any atom is 0.220 e. The van der Waals surface area contributed by atoms with Crippen LogP contribution in [0, 0.1) is 71.0 Å². The molecule has 6 amide bonds. The van der Waals surface area contributed by atoms with Gasteiger partial charge in [-0.1, -0.05) is 312 Å². The highest BCUT2D eigenvalue weighted by molar-refractivity contribution is 5.78. The first-order valence-corrected chi connectivity index (χ1v) is 50.6. The summed E-state index contributed by atoms with van der Waals surface area (Å²) in [5.74, 6) is 43.9. The van der Waals surface area contributed by atoms with Gasteiger partial charge < -0.3 is 62.5 Å². The van der Waals surface area contributed by atoms with Crippen LogP contribution in [-0.4, -0.2) is 145 Å². The molecule has 0 aromatic rings. The molecule has 0 saturated carbocycles. The smallest absolute Gasteiger partial charge is 0.220 e. The number of allylic oxidation sites excluding steroid dienone is 10. The Morgan fingerprint density at radius 3 is 0.484 bits per heavy atom. The maximum absolute atomic E-state index is 13.6. The van der Waals surface area contributed by atoms with Crippen molar-refractivity contribution in [1.82, 2.24) is 31.9 Å². The van der Waals surface area contributed by atoms with Crippen LogP contribution in [0.3, 0.4) is 0 Å². The number of unbranched alkanes of at least 4 members (excludes halogenated alkanes) is 34. The Kier molecular flexibility index (Phi) is 85.7. The van der Waals surface area contributed by atoms with Gasteiger partial charge in [0.05, 0.1) is 39.6 Å². The Labute approximate surface area is 767 Å². The summed E-state index contributed by atoms with van der Waals surface area (Å²) >= 11 is 0. The van der Waals surface area contributed by atoms with Gasteiger partial charge in [0.2, 0.25) is 35.4 Å². The van der Waals surface area contributed by atoms with Gasteiger partial charge in [-0.3, -0.25) is 28.8 Å². The maximum atomic E-state index is 13.6. The number of hydrogen-bond donors (Lipinski definition) is 12. The number of rotatable bonds is 78. The zero-order valence-electron chi connectivity index (χ0n) is 80.5. The molecule has 0 aliphatic rings. The first-order chi connectivity index (χ1) is 61.7. The van der Waals surface area contributed by atoms with Crippen molar-refractivity contribution in [3.05, 3.63) is 55.7 Å². The lowest BCUT2D eigenvalue weighted by Crippen LogP contribution is -2.25. The van der Waals surface area contributed by atoms with E-state index in [0.717, 1.165) is 255 Å². The Hall–Kier alpha value is -7.36. The van der Waals surface area contributed by atoms with Crippen LogP contribution in [0.1, 0.15) is 440 Å². The number of amides is 6. The quantitative estimate of drug-likeness (QED) is 0.0200. The van der Waals surface area contributed by atoms with Crippen LogP contribution in [-0.2, 0) is 28.8 Å². The van der Waals surface area contributed by atoms with Crippen molar-refractivity contribution >= 4 is 35.4 Å². The number of carbonyl (C=O) groups is 6. The molecule has 712 valence electrons. The molecule has 0 rings (SSSR count). The van der Waals surface area contributed by atoms with Gasteiger partial charge >= 0.3 is 0 Å². The molecule has 18 heteroatoms. The fraction of sp³-hybridized carbons (Fsp3) is 0.741. The van der Waals surface area contributed by atoms with Crippen LogP contribution < -0.4 is 31.9 Å². The van der Waals surface area contributed by atoms with Crippen LogP contribution >= 0.6 is 0 Å². The minimum absolute atomic E-state index is 0.105. The monoisotopic (exact) mass is 1750 g/mol. The lowest BCUT2D eigenvalue weighted by atomic mass is 9.93. The standard InChI is InChI=1S/C108H178N6O12/c1-7-13-19-25-31-32-33-39-43-57-94(62-50-68-104(122)110-82-88-116)95(58-44-35-27-21-15-9-3)73-78-100(64-52-70-106(124)112-84-90-118)97(60-46-37-29-23-17-11-5)75-80-102(66-54-72-108(126)114-86-92-120)98(61-47-38-30-24-18-12-6)76-79-101(65-53-71-107(125)113-85-91-119)96(59-45-36-28-22-16-10-4)74-77-99(63-51-69-105(123)111-83-89-117)93(55-42-34-26-20-14-8-2)56-48-40-41-49-67-103(121)109-81-87-115/h115-120H,7-42,44-47,49-55,58-72,81-92H2,1-6H3,(H,109,121)(H,110,122)(H,111,123)(H,112,124)(H,113,125)(H,114,126)/b95-94-,99-93+,100-97+,101-96+,102-98+. The second-order valence-corrected chi connectivity index (χ2v) is 33.8. The average molecular weight is 1750 g/mol. The van der Waals surface area contributed by atoms with Gasteiger partial charge in [0.15, 0.2) is 0 Å². The van der Waals surface area contributed by atoms with Crippen molar-refractivity contribution in [2.45, 2.75) is 440 Å². The summed E-state index contributed by atoms with van der Waals surface area (Å²) < 4.78 is 0. The summed E-state index contributed by atoms with van der Waals surface area (Å²) in [7, 11) is 0. The predicted molar refractivity (Wildman–Crippen MR) is 523 cm³/mol. The highest BCUT2D eigenvalue weighted by Gasteiger charge is 2.16. The van der Waals surface area contributed by atoms with Crippen LogP contribution in [0.5, 0.6) is 0 Å². The summed E-state index contributed by atoms with van der Waals surface area (Å²) in [4.78, 5) is 79.7. The lowest BCUT2D eigenvalue weighted by Gasteiger charge is -2.11. The van der Waals surface area contributed by atoms with E-state index in [1.165, 1.54) is 44.9 Å². The highest BCUT2D eigenvalue weighted by Crippen LogP contribution is 2.28. The van der Waals surface area contributed by atoms with E-state index in [1.54, 1.807) is 0 Å². The molecule has 0 fully saturated rings. The first-order valence-electron chi connectivity index (χ1n) is 50.6. The fourth-order valence-corrected chi connectivity index (χ4v) is 14.7. The van der Waals surface area contributed by atoms with E-state index in [0.29, 0.717) is 122 Å². The van der Waals surface area contributed by atoms with Crippen LogP contribution in [0.15, 0.2) is 55.7 Å². The second kappa shape index (κ2) is 91.0. The Bertz CT molecular complexity index is 3460. The van der Waals surface area contributed by atoms with Crippen molar-refractivity contribution in [2.24, 2.45) is 0 Å². The van der Waals surface area contributed by atoms with E-state index in [2.05, 4.69) is 144 Å². The molecule has 126 heavy (non-hydrogen) atoms. The molecule has 0 unspecified atom stereocenters. The van der Waals surface area contributed by atoms with Gasteiger partial charge in [0, 0.05) is 146 Å². The van der Waals surface area contributed by atoms with Crippen molar-refractivity contribution in [3.63, 3.8) is 0 Å². The summed E-state index contributed by atoms with van der Waals surface area (Å²) in [6, 6.07) is 0. The zero-order chi connectivity index (χ0) is 92.3. The molecule has 0 heterocycles. The van der Waals surface area contributed by atoms with E-state index in [4.69, 9.17) is 0 Å². The van der Waals surface area contributed by atoms with Gasteiger partial charge in [-0.25, -0.2) is 0 Å². The summed E-state index contributed by atoms with van der Waals surface area (Å²) in [5, 5.41) is 75.0. The predicted octanol–water partition coefficient (Wildman–Crippen LogP) is 20.4. The molecule has 0 aliphatic carbocycles. The normalized spacial score (nSPS) is 11.9. The third kappa shape index (κ3) is 72.5. The summed E-state index contributed by atoms with van der Waals surface area (Å²) in [6.45, 7) is 13.3. The molecule has 0 atom stereocenters. The van der Waals surface area contributed by atoms with Gasteiger partial charge in [0.25, 0.3) is 0 Å². The van der Waals surface area contributed by atoms with Crippen molar-refractivity contribution in [2.75, 3.05) is 78.9 Å². The van der Waals surface area contributed by atoms with Gasteiger partial charge in [0.1, 0.15) is 0 Å². The molecular weight excluding hydrogens is 1570 g/mol. The first kappa shape index (κ1) is 119. The third-order valence-electron chi connectivity index (χ3n) is 22.3. The van der Waals surface area contributed by atoms with Crippen molar-refractivity contribution < 1.29 is 59.4 Å². The minimum atomic E-state index is -0.190. The molecule has 12 N–H and O–H groups in total. The number of nitrogens with one attached hydrogen (secondary N) is 6. The summed E-state index contributed by atoms with van der Waals surface area (Å²) in [6.07, 6.45) is 52.1. The van der Waals surface area contributed by atoms with Gasteiger partial charge in [-0.05, 0) is 148 Å². The minimum Gasteiger partial charge on any atom is -0.395 e. The Morgan fingerprint density at radius 1 is 0.167 bits per heavy atom. The zero-order valence-corrected chi connectivity index (χ0v) is 80.5. The topological polar surface area (TPSA) is 296 Å². The van der Waals surface area contributed by atoms with E-state index in [9.17, 15) is 59.4 Å². The highest BCUT2D eigenvalue weighted by atomic mass is 16.3. The lowest BCUT2D eigenvalue weighted by molar-refractivity contribution is -0.122. The molecule has 0 aromatic heterocycles. The molecule has 0 bridgehead atoms. The van der Waals surface area contributed by atoms with Gasteiger partial charge in [-0.2, -0.15) is 0 Å². The second-order valence-electron chi connectivity index (χ2n) is 33.8. The van der Waals surface area contributed by atoms with E-state index in [-0.39, 0.29) is 146 Å². The largest absolute Gasteiger partial charge is 0.395 e. The number of hydrogen-bond acceptors (Lipinski definition) is 12. The molecule has 18 nitrogen and oxygen atoms in total. The number of carbonyl (C=O) groups excluding carboxylic acids is 6. The Morgan fingerprint density at radius 2 is 0.302 bits per heavy atom.